The Labute approximate surface area is 75.6 Å². The summed E-state index contributed by atoms with van der Waals surface area (Å²) in [7, 11) is 0. The van der Waals surface area contributed by atoms with Gasteiger partial charge in [0.05, 0.1) is 0 Å². The van der Waals surface area contributed by atoms with Crippen LogP contribution in [0.25, 0.3) is 0 Å². The monoisotopic (exact) mass is 197 g/mol. The van der Waals surface area contributed by atoms with Crippen molar-refractivity contribution >= 4 is 0 Å². The predicted molar refractivity (Wildman–Crippen MR) is 44.3 cm³/mol. The lowest BCUT2D eigenvalue weighted by Crippen LogP contribution is -2.23. The molecule has 13 heavy (non-hydrogen) atoms. The summed E-state index contributed by atoms with van der Waals surface area (Å²) in [6.45, 7) is 2.30. The fourth-order valence-corrected chi connectivity index (χ4v) is 0.755. The van der Waals surface area contributed by atoms with E-state index < -0.39 is 12.8 Å². The second-order valence-corrected chi connectivity index (χ2v) is 2.74. The van der Waals surface area contributed by atoms with Gasteiger partial charge in [-0.15, -0.1) is 6.58 Å². The largest absolute Gasteiger partial charge is 0.411 e. The van der Waals surface area contributed by atoms with Crippen LogP contribution in [0.15, 0.2) is 12.7 Å². The van der Waals surface area contributed by atoms with Crippen molar-refractivity contribution < 1.29 is 17.9 Å². The molecule has 0 spiro atoms. The summed E-state index contributed by atoms with van der Waals surface area (Å²) in [5, 5.41) is 0. The molecule has 0 aromatic carbocycles. The second-order valence-electron chi connectivity index (χ2n) is 2.74. The minimum atomic E-state index is -4.25. The van der Waals surface area contributed by atoms with Crippen LogP contribution >= 0.6 is 0 Å². The van der Waals surface area contributed by atoms with Gasteiger partial charge < -0.3 is 10.5 Å². The third-order valence-corrected chi connectivity index (χ3v) is 1.37. The molecule has 0 aromatic heterocycles. The van der Waals surface area contributed by atoms with Gasteiger partial charge in [0.1, 0.15) is 6.61 Å². The third-order valence-electron chi connectivity index (χ3n) is 1.37. The van der Waals surface area contributed by atoms with Gasteiger partial charge in [0.25, 0.3) is 0 Å². The average molecular weight is 197 g/mol. The maximum atomic E-state index is 11.6. The fourth-order valence-electron chi connectivity index (χ4n) is 0.755. The first-order valence-corrected chi connectivity index (χ1v) is 3.96. The highest BCUT2D eigenvalue weighted by atomic mass is 19.4. The van der Waals surface area contributed by atoms with Gasteiger partial charge in [-0.05, 0) is 12.8 Å². The van der Waals surface area contributed by atoms with Gasteiger partial charge >= 0.3 is 6.18 Å². The number of hydrogen-bond donors (Lipinski definition) is 1. The molecule has 0 fully saturated rings. The van der Waals surface area contributed by atoms with E-state index >= 15 is 0 Å². The number of rotatable bonds is 6. The average Bonchev–Trinajstić information content (AvgIpc) is 1.97. The molecule has 0 saturated carbocycles. The van der Waals surface area contributed by atoms with Crippen LogP contribution in [0.2, 0.25) is 0 Å². The zero-order chi connectivity index (χ0) is 10.3. The highest BCUT2D eigenvalue weighted by Gasteiger charge is 2.27. The summed E-state index contributed by atoms with van der Waals surface area (Å²) in [4.78, 5) is 0. The van der Waals surface area contributed by atoms with Gasteiger partial charge in [0, 0.05) is 12.6 Å². The SMILES string of the molecule is C=CCC(N)CCOCC(F)(F)F. The van der Waals surface area contributed by atoms with E-state index in [1.54, 1.807) is 6.08 Å². The molecule has 2 N–H and O–H groups in total. The zero-order valence-electron chi connectivity index (χ0n) is 7.31. The second kappa shape index (κ2) is 5.99. The molecule has 0 saturated heterocycles. The zero-order valence-corrected chi connectivity index (χ0v) is 7.31. The van der Waals surface area contributed by atoms with Crippen molar-refractivity contribution in [3.63, 3.8) is 0 Å². The van der Waals surface area contributed by atoms with Crippen LogP contribution in [-0.2, 0) is 4.74 Å². The van der Waals surface area contributed by atoms with Crippen molar-refractivity contribution in [1.82, 2.24) is 0 Å². The van der Waals surface area contributed by atoms with E-state index in [1.165, 1.54) is 0 Å². The van der Waals surface area contributed by atoms with Crippen LogP contribution < -0.4 is 5.73 Å². The molecule has 2 nitrogen and oxygen atoms in total. The molecule has 0 aromatic rings. The van der Waals surface area contributed by atoms with E-state index in [9.17, 15) is 13.2 Å². The van der Waals surface area contributed by atoms with E-state index in [0.717, 1.165) is 0 Å². The summed E-state index contributed by atoms with van der Waals surface area (Å²) in [6.07, 6.45) is -1.60. The molecule has 5 heteroatoms. The summed E-state index contributed by atoms with van der Waals surface area (Å²) < 4.78 is 39.0. The number of halogens is 3. The molecule has 0 heterocycles. The van der Waals surface area contributed by atoms with Crippen LogP contribution in [0, 0.1) is 0 Å². The van der Waals surface area contributed by atoms with Gasteiger partial charge in [-0.2, -0.15) is 13.2 Å². The molecule has 78 valence electrons. The molecule has 0 aliphatic rings. The minimum Gasteiger partial charge on any atom is -0.372 e. The molecular weight excluding hydrogens is 183 g/mol. The Morgan fingerprint density at radius 2 is 2.08 bits per heavy atom. The summed E-state index contributed by atoms with van der Waals surface area (Å²) in [5.41, 5.74) is 5.50. The molecule has 0 aliphatic carbocycles. The van der Waals surface area contributed by atoms with Crippen molar-refractivity contribution in [2.45, 2.75) is 25.1 Å². The van der Waals surface area contributed by atoms with Crippen LogP contribution in [0.4, 0.5) is 13.2 Å². The molecule has 1 atom stereocenters. The van der Waals surface area contributed by atoms with Crippen molar-refractivity contribution in [2.24, 2.45) is 5.73 Å². The Hall–Kier alpha value is -0.550. The molecule has 0 bridgehead atoms. The lowest BCUT2D eigenvalue weighted by atomic mass is 10.1. The first-order chi connectivity index (χ1) is 5.95. The van der Waals surface area contributed by atoms with Crippen LogP contribution in [0.1, 0.15) is 12.8 Å². The Morgan fingerprint density at radius 3 is 2.54 bits per heavy atom. The standard InChI is InChI=1S/C8H14F3NO/c1-2-3-7(12)4-5-13-6-8(9,10)11/h2,7H,1,3-6,12H2. The third kappa shape index (κ3) is 9.36. The van der Waals surface area contributed by atoms with E-state index in [2.05, 4.69) is 11.3 Å². The van der Waals surface area contributed by atoms with Crippen molar-refractivity contribution in [2.75, 3.05) is 13.2 Å². The Morgan fingerprint density at radius 1 is 1.46 bits per heavy atom. The van der Waals surface area contributed by atoms with E-state index in [4.69, 9.17) is 5.73 Å². The molecule has 0 aliphatic heterocycles. The number of nitrogens with two attached hydrogens (primary N) is 1. The van der Waals surface area contributed by atoms with Gasteiger partial charge in [0.15, 0.2) is 0 Å². The van der Waals surface area contributed by atoms with Crippen molar-refractivity contribution in [1.29, 1.82) is 0 Å². The van der Waals surface area contributed by atoms with E-state index in [0.29, 0.717) is 12.8 Å². The molecule has 1 unspecified atom stereocenters. The number of ether oxygens (including phenoxy) is 1. The quantitative estimate of drug-likeness (QED) is 0.521. The lowest BCUT2D eigenvalue weighted by molar-refractivity contribution is -0.174. The molecule has 0 amide bonds. The fraction of sp³-hybridized carbons (Fsp3) is 0.750. The molecular formula is C8H14F3NO. The van der Waals surface area contributed by atoms with Gasteiger partial charge in [-0.25, -0.2) is 0 Å². The normalized spacial score (nSPS) is 14.2. The predicted octanol–water partition coefficient (Wildman–Crippen LogP) is 1.86. The molecule has 0 radical (unpaired) electrons. The van der Waals surface area contributed by atoms with Crippen LogP contribution in [0.3, 0.4) is 0 Å². The summed E-state index contributed by atoms with van der Waals surface area (Å²) >= 11 is 0. The highest BCUT2D eigenvalue weighted by Crippen LogP contribution is 2.14. The minimum absolute atomic E-state index is 0.0362. The van der Waals surface area contributed by atoms with Crippen LogP contribution in [-0.4, -0.2) is 25.4 Å². The Bertz CT molecular complexity index is 147. The lowest BCUT2D eigenvalue weighted by Gasteiger charge is -2.10. The van der Waals surface area contributed by atoms with Crippen molar-refractivity contribution in [3.8, 4) is 0 Å². The van der Waals surface area contributed by atoms with Gasteiger partial charge in [-0.3, -0.25) is 0 Å². The van der Waals surface area contributed by atoms with E-state index in [-0.39, 0.29) is 12.6 Å². The maximum Gasteiger partial charge on any atom is 0.411 e. The Balaban J connectivity index is 3.30. The highest BCUT2D eigenvalue weighted by molar-refractivity contribution is 4.74. The first kappa shape index (κ1) is 12.4. The van der Waals surface area contributed by atoms with Crippen molar-refractivity contribution in [3.05, 3.63) is 12.7 Å². The van der Waals surface area contributed by atoms with Gasteiger partial charge in [-0.1, -0.05) is 6.08 Å². The van der Waals surface area contributed by atoms with Gasteiger partial charge in [0.2, 0.25) is 0 Å². The first-order valence-electron chi connectivity index (χ1n) is 3.96. The van der Waals surface area contributed by atoms with E-state index in [1.807, 2.05) is 0 Å². The maximum absolute atomic E-state index is 11.6. The summed E-state index contributed by atoms with van der Waals surface area (Å²) in [5.74, 6) is 0. The van der Waals surface area contributed by atoms with Crippen LogP contribution in [0.5, 0.6) is 0 Å². The number of alkyl halides is 3. The smallest absolute Gasteiger partial charge is 0.372 e. The topological polar surface area (TPSA) is 35.2 Å². The molecule has 0 rings (SSSR count). The number of hydrogen-bond acceptors (Lipinski definition) is 2. The Kier molecular flexibility index (Phi) is 5.73. The summed E-state index contributed by atoms with van der Waals surface area (Å²) in [6, 6.07) is -0.161.